The number of fused-ring (bicyclic) bond motifs is 1. The molecule has 0 amide bonds. The topological polar surface area (TPSA) is 32.3 Å². The molecular weight excluding hydrogens is 290 g/mol. The Morgan fingerprint density at radius 2 is 2.15 bits per heavy atom. The van der Waals surface area contributed by atoms with Crippen molar-refractivity contribution in [3.63, 3.8) is 0 Å². The molecule has 1 aliphatic carbocycles. The van der Waals surface area contributed by atoms with Crippen molar-refractivity contribution in [2.24, 2.45) is 0 Å². The monoisotopic (exact) mass is 307 g/mol. The van der Waals surface area contributed by atoms with Gasteiger partial charge < -0.3 is 10.4 Å². The molecule has 2 N–H and O–H groups in total. The summed E-state index contributed by atoms with van der Waals surface area (Å²) in [6.45, 7) is 0.151. The molecule has 0 saturated carbocycles. The van der Waals surface area contributed by atoms with Crippen LogP contribution in [0.2, 0.25) is 4.34 Å². The Balaban J connectivity index is 1.67. The maximum absolute atomic E-state index is 9.61. The fourth-order valence-corrected chi connectivity index (χ4v) is 4.22. The van der Waals surface area contributed by atoms with E-state index < -0.39 is 0 Å². The van der Waals surface area contributed by atoms with Crippen LogP contribution < -0.4 is 5.32 Å². The van der Waals surface area contributed by atoms with Crippen molar-refractivity contribution >= 4 is 22.9 Å². The number of aliphatic hydroxyl groups is 1. The van der Waals surface area contributed by atoms with Crippen LogP contribution in [0.5, 0.6) is 0 Å². The van der Waals surface area contributed by atoms with Crippen molar-refractivity contribution in [2.75, 3.05) is 6.61 Å². The largest absolute Gasteiger partial charge is 0.395 e. The van der Waals surface area contributed by atoms with Gasteiger partial charge >= 0.3 is 0 Å². The van der Waals surface area contributed by atoms with Crippen LogP contribution >= 0.6 is 22.9 Å². The van der Waals surface area contributed by atoms with E-state index in [1.54, 1.807) is 11.3 Å². The number of hydrogen-bond acceptors (Lipinski definition) is 3. The molecule has 1 heterocycles. The van der Waals surface area contributed by atoms with Gasteiger partial charge in [0.2, 0.25) is 0 Å². The van der Waals surface area contributed by atoms with E-state index in [2.05, 4.69) is 23.5 Å². The van der Waals surface area contributed by atoms with Crippen molar-refractivity contribution in [1.29, 1.82) is 0 Å². The molecule has 106 valence electrons. The molecule has 2 atom stereocenters. The van der Waals surface area contributed by atoms with Crippen LogP contribution in [0, 0.1) is 0 Å². The molecule has 2 nitrogen and oxygen atoms in total. The van der Waals surface area contributed by atoms with Gasteiger partial charge in [0.05, 0.1) is 10.9 Å². The highest BCUT2D eigenvalue weighted by Crippen LogP contribution is 2.39. The van der Waals surface area contributed by atoms with E-state index in [-0.39, 0.29) is 12.6 Å². The molecule has 0 bridgehead atoms. The lowest BCUT2D eigenvalue weighted by Gasteiger charge is -2.21. The maximum Gasteiger partial charge on any atom is 0.0934 e. The van der Waals surface area contributed by atoms with Crippen molar-refractivity contribution in [2.45, 2.75) is 31.3 Å². The van der Waals surface area contributed by atoms with Crippen LogP contribution in [-0.4, -0.2) is 17.8 Å². The summed E-state index contributed by atoms with van der Waals surface area (Å²) in [4.78, 5) is 1.39. The summed E-state index contributed by atoms with van der Waals surface area (Å²) in [6, 6.07) is 12.8. The molecule has 0 aliphatic heterocycles. The quantitative estimate of drug-likeness (QED) is 0.885. The predicted octanol–water partition coefficient (Wildman–Crippen LogP) is 3.58. The van der Waals surface area contributed by atoms with Crippen LogP contribution in [-0.2, 0) is 12.8 Å². The predicted molar refractivity (Wildman–Crippen MR) is 84.5 cm³/mol. The van der Waals surface area contributed by atoms with Gasteiger partial charge in [-0.05, 0) is 36.5 Å². The van der Waals surface area contributed by atoms with Gasteiger partial charge in [-0.15, -0.1) is 11.3 Å². The number of hydrogen-bond donors (Lipinski definition) is 2. The van der Waals surface area contributed by atoms with Crippen LogP contribution in [0.25, 0.3) is 0 Å². The number of halogens is 1. The summed E-state index contributed by atoms with van der Waals surface area (Å²) in [5.41, 5.74) is 2.58. The van der Waals surface area contributed by atoms with Gasteiger partial charge in [-0.25, -0.2) is 0 Å². The van der Waals surface area contributed by atoms with Crippen molar-refractivity contribution in [3.8, 4) is 0 Å². The normalized spacial score (nSPS) is 19.0. The first kappa shape index (κ1) is 14.1. The Hall–Kier alpha value is -0.870. The Kier molecular flexibility index (Phi) is 4.41. The smallest absolute Gasteiger partial charge is 0.0934 e. The lowest BCUT2D eigenvalue weighted by atomic mass is 10.0. The van der Waals surface area contributed by atoms with Crippen molar-refractivity contribution < 1.29 is 5.11 Å². The number of thiophene rings is 1. The summed E-state index contributed by atoms with van der Waals surface area (Å²) >= 11 is 7.77. The molecule has 3 rings (SSSR count). The second-order valence-corrected chi connectivity index (χ2v) is 7.02. The zero-order chi connectivity index (χ0) is 13.9. The molecular formula is C16H18ClNOS. The van der Waals surface area contributed by atoms with Gasteiger partial charge in [0, 0.05) is 17.0 Å². The molecule has 0 saturated heterocycles. The number of benzene rings is 1. The van der Waals surface area contributed by atoms with Crippen molar-refractivity contribution in [1.82, 2.24) is 5.32 Å². The zero-order valence-electron chi connectivity index (χ0n) is 11.2. The Labute approximate surface area is 128 Å². The molecule has 4 heteroatoms. The molecule has 20 heavy (non-hydrogen) atoms. The fourth-order valence-electron chi connectivity index (χ4n) is 2.86. The lowest BCUT2D eigenvalue weighted by molar-refractivity contribution is 0.230. The Morgan fingerprint density at radius 1 is 1.35 bits per heavy atom. The maximum atomic E-state index is 9.61. The SMILES string of the molecule is OCC(Cc1ccccc1)NC1CCc2sc(Cl)cc21. The second-order valence-electron chi connectivity index (χ2n) is 5.26. The number of nitrogens with one attached hydrogen (secondary N) is 1. The minimum Gasteiger partial charge on any atom is -0.395 e. The first-order valence-corrected chi connectivity index (χ1v) is 8.14. The van der Waals surface area contributed by atoms with E-state index in [1.165, 1.54) is 16.0 Å². The van der Waals surface area contributed by atoms with E-state index in [0.717, 1.165) is 23.6 Å². The van der Waals surface area contributed by atoms with Gasteiger partial charge in [0.1, 0.15) is 0 Å². The van der Waals surface area contributed by atoms with Gasteiger partial charge in [-0.2, -0.15) is 0 Å². The first-order chi connectivity index (χ1) is 9.76. The van der Waals surface area contributed by atoms with E-state index in [1.807, 2.05) is 18.2 Å². The minimum atomic E-state index is 0.0898. The summed E-state index contributed by atoms with van der Waals surface area (Å²) in [5, 5.41) is 13.2. The molecule has 1 aromatic carbocycles. The second kappa shape index (κ2) is 6.27. The van der Waals surface area contributed by atoms with Gasteiger partial charge in [0.15, 0.2) is 0 Å². The number of aliphatic hydroxyl groups excluding tert-OH is 1. The highest BCUT2D eigenvalue weighted by Gasteiger charge is 2.26. The van der Waals surface area contributed by atoms with Crippen LogP contribution in [0.4, 0.5) is 0 Å². The Bertz CT molecular complexity index is 569. The minimum absolute atomic E-state index is 0.0898. The highest BCUT2D eigenvalue weighted by molar-refractivity contribution is 7.16. The third-order valence-electron chi connectivity index (χ3n) is 3.83. The summed E-state index contributed by atoms with van der Waals surface area (Å²) in [5.74, 6) is 0. The van der Waals surface area contributed by atoms with E-state index in [0.29, 0.717) is 6.04 Å². The zero-order valence-corrected chi connectivity index (χ0v) is 12.8. The van der Waals surface area contributed by atoms with E-state index in [9.17, 15) is 5.11 Å². The van der Waals surface area contributed by atoms with Crippen LogP contribution in [0.3, 0.4) is 0 Å². The molecule has 0 radical (unpaired) electrons. The standard InChI is InChI=1S/C16H18ClNOS/c17-16-9-13-14(6-7-15(13)20-16)18-12(10-19)8-11-4-2-1-3-5-11/h1-5,9,12,14,18-19H,6-8,10H2. The average molecular weight is 308 g/mol. The van der Waals surface area contributed by atoms with E-state index >= 15 is 0 Å². The van der Waals surface area contributed by atoms with Crippen LogP contribution in [0.1, 0.15) is 28.5 Å². The summed E-state index contributed by atoms with van der Waals surface area (Å²) < 4.78 is 0.866. The molecule has 2 aromatic rings. The van der Waals surface area contributed by atoms with Gasteiger partial charge in [-0.3, -0.25) is 0 Å². The molecule has 1 aromatic heterocycles. The van der Waals surface area contributed by atoms with Gasteiger partial charge in [-0.1, -0.05) is 41.9 Å². The Morgan fingerprint density at radius 3 is 2.90 bits per heavy atom. The first-order valence-electron chi connectivity index (χ1n) is 6.95. The van der Waals surface area contributed by atoms with Gasteiger partial charge in [0.25, 0.3) is 0 Å². The average Bonchev–Trinajstić information content (AvgIpc) is 2.99. The van der Waals surface area contributed by atoms with Crippen LogP contribution in [0.15, 0.2) is 36.4 Å². The number of rotatable bonds is 5. The van der Waals surface area contributed by atoms with E-state index in [4.69, 9.17) is 11.6 Å². The molecule has 0 spiro atoms. The number of aryl methyl sites for hydroxylation is 1. The molecule has 0 fully saturated rings. The third kappa shape index (κ3) is 3.07. The lowest BCUT2D eigenvalue weighted by Crippen LogP contribution is -2.36. The molecule has 2 unspecified atom stereocenters. The molecule has 1 aliphatic rings. The third-order valence-corrected chi connectivity index (χ3v) is 5.17. The summed E-state index contributed by atoms with van der Waals surface area (Å²) in [6.07, 6.45) is 3.04. The highest BCUT2D eigenvalue weighted by atomic mass is 35.5. The van der Waals surface area contributed by atoms with Crippen molar-refractivity contribution in [3.05, 3.63) is 56.7 Å². The fraction of sp³-hybridized carbons (Fsp3) is 0.375. The summed E-state index contributed by atoms with van der Waals surface area (Å²) in [7, 11) is 0.